The molecule has 1 heterocycles. The lowest BCUT2D eigenvalue weighted by molar-refractivity contribution is 0.104. The first-order valence-corrected chi connectivity index (χ1v) is 9.98. The number of anilines is 1. The van der Waals surface area contributed by atoms with E-state index in [1.54, 1.807) is 17.5 Å². The fourth-order valence-electron chi connectivity index (χ4n) is 3.60. The standard InChI is InChI=1S/C23H20N2OS/c1-15-6-9-19-20(14-24)23(27-22(19)12-15)25-11-10-21(26)18-8-7-16-4-2-3-5-17(16)13-18/h2-5,7-8,10-11,13,15,25H,6,9,12H2,1H3. The predicted octanol–water partition coefficient (Wildman–Crippen LogP) is 5.71. The quantitative estimate of drug-likeness (QED) is 0.472. The van der Waals surface area contributed by atoms with Crippen LogP contribution in [0.3, 0.4) is 0 Å². The molecule has 0 aliphatic heterocycles. The molecule has 1 atom stereocenters. The third-order valence-electron chi connectivity index (χ3n) is 5.11. The van der Waals surface area contributed by atoms with Crippen LogP contribution in [0.5, 0.6) is 0 Å². The molecule has 134 valence electrons. The summed E-state index contributed by atoms with van der Waals surface area (Å²) < 4.78 is 0. The third kappa shape index (κ3) is 3.51. The van der Waals surface area contributed by atoms with Crippen LogP contribution in [0, 0.1) is 17.2 Å². The van der Waals surface area contributed by atoms with Crippen LogP contribution in [-0.4, -0.2) is 5.78 Å². The first kappa shape index (κ1) is 17.5. The molecule has 1 aliphatic carbocycles. The Bertz CT molecular complexity index is 1090. The van der Waals surface area contributed by atoms with E-state index in [4.69, 9.17) is 0 Å². The van der Waals surface area contributed by atoms with E-state index in [0.717, 1.165) is 40.6 Å². The predicted molar refractivity (Wildman–Crippen MR) is 111 cm³/mol. The number of fused-ring (bicyclic) bond motifs is 2. The molecule has 1 aliphatic rings. The highest BCUT2D eigenvalue weighted by Gasteiger charge is 2.23. The van der Waals surface area contributed by atoms with Gasteiger partial charge in [-0.1, -0.05) is 43.3 Å². The average Bonchev–Trinajstić information content (AvgIpc) is 3.03. The van der Waals surface area contributed by atoms with Crippen molar-refractivity contribution in [2.24, 2.45) is 5.92 Å². The SMILES string of the molecule is CC1CCc2c(sc(NC=CC(=O)c3ccc4ccccc4c3)c2C#N)C1. The summed E-state index contributed by atoms with van der Waals surface area (Å²) in [6.07, 6.45) is 6.33. The van der Waals surface area contributed by atoms with E-state index in [2.05, 4.69) is 18.3 Å². The molecule has 0 bridgehead atoms. The number of carbonyl (C=O) groups is 1. The Balaban J connectivity index is 1.52. The van der Waals surface area contributed by atoms with E-state index in [-0.39, 0.29) is 5.78 Å². The molecule has 27 heavy (non-hydrogen) atoms. The summed E-state index contributed by atoms with van der Waals surface area (Å²) in [6.45, 7) is 2.25. The van der Waals surface area contributed by atoms with Gasteiger partial charge in [-0.2, -0.15) is 5.26 Å². The topological polar surface area (TPSA) is 52.9 Å². The van der Waals surface area contributed by atoms with E-state index in [0.29, 0.717) is 11.5 Å². The van der Waals surface area contributed by atoms with Crippen molar-refractivity contribution in [2.75, 3.05) is 5.32 Å². The van der Waals surface area contributed by atoms with E-state index in [9.17, 15) is 10.1 Å². The van der Waals surface area contributed by atoms with Gasteiger partial charge in [0.25, 0.3) is 0 Å². The minimum atomic E-state index is -0.0540. The van der Waals surface area contributed by atoms with Crippen molar-refractivity contribution in [3.8, 4) is 6.07 Å². The van der Waals surface area contributed by atoms with Gasteiger partial charge in [0.1, 0.15) is 11.1 Å². The number of nitrogens with zero attached hydrogens (tertiary/aromatic N) is 1. The molecule has 1 N–H and O–H groups in total. The van der Waals surface area contributed by atoms with Crippen molar-refractivity contribution >= 4 is 32.9 Å². The molecule has 4 heteroatoms. The Hall–Kier alpha value is -2.90. The molecule has 0 amide bonds. The molecule has 1 unspecified atom stereocenters. The van der Waals surface area contributed by atoms with Gasteiger partial charge in [0, 0.05) is 22.7 Å². The van der Waals surface area contributed by atoms with Gasteiger partial charge in [-0.25, -0.2) is 0 Å². The highest BCUT2D eigenvalue weighted by atomic mass is 32.1. The molecule has 3 nitrogen and oxygen atoms in total. The van der Waals surface area contributed by atoms with Gasteiger partial charge in [0.2, 0.25) is 0 Å². The van der Waals surface area contributed by atoms with E-state index < -0.39 is 0 Å². The fourth-order valence-corrected chi connectivity index (χ4v) is 4.94. The van der Waals surface area contributed by atoms with Gasteiger partial charge in [0.15, 0.2) is 5.78 Å². The van der Waals surface area contributed by atoms with E-state index >= 15 is 0 Å². The summed E-state index contributed by atoms with van der Waals surface area (Å²) in [5.41, 5.74) is 2.59. The zero-order chi connectivity index (χ0) is 18.8. The van der Waals surface area contributed by atoms with Gasteiger partial charge in [-0.15, -0.1) is 11.3 Å². The van der Waals surface area contributed by atoms with Crippen LogP contribution in [0.25, 0.3) is 10.8 Å². The number of thiophene rings is 1. The van der Waals surface area contributed by atoms with Crippen LogP contribution >= 0.6 is 11.3 Å². The summed E-state index contributed by atoms with van der Waals surface area (Å²) in [7, 11) is 0. The van der Waals surface area contributed by atoms with Gasteiger partial charge in [-0.05, 0) is 47.6 Å². The lowest BCUT2D eigenvalue weighted by Gasteiger charge is -2.17. The van der Waals surface area contributed by atoms with Crippen molar-refractivity contribution in [3.63, 3.8) is 0 Å². The minimum Gasteiger partial charge on any atom is -0.352 e. The molecule has 0 radical (unpaired) electrons. The number of rotatable bonds is 4. The Labute approximate surface area is 163 Å². The third-order valence-corrected chi connectivity index (χ3v) is 6.29. The minimum absolute atomic E-state index is 0.0540. The van der Waals surface area contributed by atoms with Crippen LogP contribution in [0.15, 0.2) is 54.7 Å². The lowest BCUT2D eigenvalue weighted by Crippen LogP contribution is -2.09. The van der Waals surface area contributed by atoms with Gasteiger partial charge in [0.05, 0.1) is 5.56 Å². The monoisotopic (exact) mass is 372 g/mol. The molecule has 0 spiro atoms. The van der Waals surface area contributed by atoms with Crippen molar-refractivity contribution in [1.29, 1.82) is 5.26 Å². The second-order valence-corrected chi connectivity index (χ2v) is 8.18. The van der Waals surface area contributed by atoms with E-state index in [1.165, 1.54) is 16.5 Å². The summed E-state index contributed by atoms with van der Waals surface area (Å²) in [5.74, 6) is 0.613. The maximum atomic E-state index is 12.5. The van der Waals surface area contributed by atoms with Crippen LogP contribution < -0.4 is 5.32 Å². The summed E-state index contributed by atoms with van der Waals surface area (Å²) in [6, 6.07) is 16.1. The molecule has 0 fully saturated rings. The van der Waals surface area contributed by atoms with Crippen LogP contribution in [0.2, 0.25) is 0 Å². The number of hydrogen-bond acceptors (Lipinski definition) is 4. The number of nitrogens with one attached hydrogen (secondary N) is 1. The number of nitriles is 1. The normalized spacial score (nSPS) is 16.2. The molecular formula is C23H20N2OS. The largest absolute Gasteiger partial charge is 0.352 e. The van der Waals surface area contributed by atoms with Crippen LogP contribution in [0.1, 0.15) is 39.7 Å². The van der Waals surface area contributed by atoms with Gasteiger partial charge < -0.3 is 5.32 Å². The number of hydrogen-bond donors (Lipinski definition) is 1. The maximum Gasteiger partial charge on any atom is 0.187 e. The summed E-state index contributed by atoms with van der Waals surface area (Å²) in [4.78, 5) is 13.8. The molecule has 2 aromatic carbocycles. The molecular weight excluding hydrogens is 352 g/mol. The van der Waals surface area contributed by atoms with Crippen LogP contribution in [0.4, 0.5) is 5.00 Å². The number of carbonyl (C=O) groups excluding carboxylic acids is 1. The zero-order valence-corrected chi connectivity index (χ0v) is 16.0. The van der Waals surface area contributed by atoms with Crippen molar-refractivity contribution in [2.45, 2.75) is 26.2 Å². The molecule has 0 saturated carbocycles. The van der Waals surface area contributed by atoms with Crippen molar-refractivity contribution in [3.05, 3.63) is 76.3 Å². The number of ketones is 1. The molecule has 1 aromatic heterocycles. The second kappa shape index (κ2) is 7.38. The highest BCUT2D eigenvalue weighted by Crippen LogP contribution is 2.39. The number of benzene rings is 2. The Morgan fingerprint density at radius 1 is 1.26 bits per heavy atom. The van der Waals surface area contributed by atoms with E-state index in [1.807, 2.05) is 42.5 Å². The Morgan fingerprint density at radius 3 is 2.89 bits per heavy atom. The van der Waals surface area contributed by atoms with Crippen molar-refractivity contribution in [1.82, 2.24) is 0 Å². The van der Waals surface area contributed by atoms with Gasteiger partial charge in [-0.3, -0.25) is 4.79 Å². The highest BCUT2D eigenvalue weighted by molar-refractivity contribution is 7.16. The molecule has 3 aromatic rings. The Morgan fingerprint density at radius 2 is 2.07 bits per heavy atom. The lowest BCUT2D eigenvalue weighted by atomic mass is 9.89. The maximum absolute atomic E-state index is 12.5. The smallest absolute Gasteiger partial charge is 0.187 e. The van der Waals surface area contributed by atoms with Gasteiger partial charge >= 0.3 is 0 Å². The van der Waals surface area contributed by atoms with Crippen molar-refractivity contribution < 1.29 is 4.79 Å². The molecule has 0 saturated heterocycles. The first-order valence-electron chi connectivity index (χ1n) is 9.16. The first-order chi connectivity index (χ1) is 13.2. The summed E-state index contributed by atoms with van der Waals surface area (Å²) in [5, 5.41) is 15.7. The fraction of sp³-hybridized carbons (Fsp3) is 0.217. The second-order valence-electron chi connectivity index (χ2n) is 7.07. The average molecular weight is 372 g/mol. The number of allylic oxidation sites excluding steroid dienone is 1. The molecule has 4 rings (SSSR count). The summed E-state index contributed by atoms with van der Waals surface area (Å²) >= 11 is 1.64. The van der Waals surface area contributed by atoms with Crippen LogP contribution in [-0.2, 0) is 12.8 Å². The Kier molecular flexibility index (Phi) is 4.79. The zero-order valence-electron chi connectivity index (χ0n) is 15.2.